The molecule has 1 spiro atoms. The minimum Gasteiger partial charge on any atom is -0.391 e. The number of hydrogen-bond donors (Lipinski definition) is 2. The molecule has 1 aromatic rings. The number of nitrogens with zero attached hydrogens (tertiary/aromatic N) is 3. The molecule has 1 aromatic heterocycles. The smallest absolute Gasteiger partial charge is 0.246 e. The van der Waals surface area contributed by atoms with Gasteiger partial charge in [0.2, 0.25) is 5.91 Å². The van der Waals surface area contributed by atoms with Gasteiger partial charge in [-0.2, -0.15) is 0 Å². The molecular formula is C14H20N4O2. The Bertz CT molecular complexity index is 499. The van der Waals surface area contributed by atoms with Gasteiger partial charge < -0.3 is 15.3 Å². The van der Waals surface area contributed by atoms with Gasteiger partial charge in [-0.05, 0) is 39.3 Å². The highest BCUT2D eigenvalue weighted by Gasteiger charge is 2.62. The van der Waals surface area contributed by atoms with E-state index in [2.05, 4.69) is 15.3 Å². The first kappa shape index (κ1) is 13.5. The highest BCUT2D eigenvalue weighted by molar-refractivity contribution is 5.94. The fourth-order valence-corrected chi connectivity index (χ4v) is 3.47. The number of aliphatic hydroxyl groups is 1. The molecule has 20 heavy (non-hydrogen) atoms. The van der Waals surface area contributed by atoms with Crippen LogP contribution < -0.4 is 5.32 Å². The van der Waals surface area contributed by atoms with Gasteiger partial charge in [0.15, 0.2) is 5.82 Å². The molecule has 3 rings (SSSR count). The van der Waals surface area contributed by atoms with Gasteiger partial charge in [0.1, 0.15) is 11.6 Å². The second-order valence-electron chi connectivity index (χ2n) is 5.68. The van der Waals surface area contributed by atoms with Gasteiger partial charge in [-0.15, -0.1) is 0 Å². The topological polar surface area (TPSA) is 78.3 Å². The molecule has 0 aliphatic carbocycles. The Morgan fingerprint density at radius 2 is 2.20 bits per heavy atom. The van der Waals surface area contributed by atoms with E-state index < -0.39 is 17.7 Å². The Kier molecular flexibility index (Phi) is 3.22. The zero-order chi connectivity index (χ0) is 14.3. The van der Waals surface area contributed by atoms with Crippen LogP contribution in [0.15, 0.2) is 18.5 Å². The van der Waals surface area contributed by atoms with Crippen molar-refractivity contribution in [3.8, 4) is 0 Å². The van der Waals surface area contributed by atoms with E-state index in [1.54, 1.807) is 30.3 Å². The van der Waals surface area contributed by atoms with Crippen molar-refractivity contribution >= 4 is 5.91 Å². The van der Waals surface area contributed by atoms with Gasteiger partial charge in [-0.25, -0.2) is 9.97 Å². The average Bonchev–Trinajstić information content (AvgIpc) is 2.96. The quantitative estimate of drug-likeness (QED) is 0.774. The molecule has 0 aromatic carbocycles. The van der Waals surface area contributed by atoms with Crippen molar-refractivity contribution in [2.45, 2.75) is 50.4 Å². The van der Waals surface area contributed by atoms with Crippen LogP contribution in [-0.2, 0) is 4.79 Å². The molecule has 0 saturated carbocycles. The molecule has 2 aliphatic heterocycles. The normalized spacial score (nSPS) is 32.2. The molecule has 2 fully saturated rings. The number of hydrogen-bond acceptors (Lipinski definition) is 5. The number of aromatic nitrogens is 2. The molecule has 0 bridgehead atoms. The number of carbonyl (C=O) groups excluding carboxylic acids is 1. The van der Waals surface area contributed by atoms with Crippen molar-refractivity contribution in [3.05, 3.63) is 24.3 Å². The first-order chi connectivity index (χ1) is 9.58. The van der Waals surface area contributed by atoms with Gasteiger partial charge in [0.25, 0.3) is 0 Å². The lowest BCUT2D eigenvalue weighted by molar-refractivity contribution is -0.170. The molecular weight excluding hydrogens is 256 g/mol. The Labute approximate surface area is 118 Å². The maximum atomic E-state index is 12.6. The van der Waals surface area contributed by atoms with Gasteiger partial charge >= 0.3 is 0 Å². The second kappa shape index (κ2) is 4.79. The number of likely N-dealkylation sites (tertiary alicyclic amines) is 1. The molecule has 4 atom stereocenters. The number of rotatable bonds is 3. The molecule has 0 radical (unpaired) electrons. The molecule has 6 nitrogen and oxygen atoms in total. The van der Waals surface area contributed by atoms with Crippen molar-refractivity contribution < 1.29 is 9.90 Å². The van der Waals surface area contributed by atoms with Gasteiger partial charge in [-0.1, -0.05) is 0 Å². The molecule has 1 amide bonds. The molecule has 2 saturated heterocycles. The highest BCUT2D eigenvalue weighted by atomic mass is 16.3. The van der Waals surface area contributed by atoms with E-state index in [9.17, 15) is 9.90 Å². The summed E-state index contributed by atoms with van der Waals surface area (Å²) in [6.45, 7) is 4.58. The van der Waals surface area contributed by atoms with Crippen LogP contribution in [0.1, 0.15) is 38.6 Å². The fourth-order valence-electron chi connectivity index (χ4n) is 3.47. The number of aliphatic hydroxyl groups excluding tert-OH is 1. The lowest BCUT2D eigenvalue weighted by atomic mass is 9.76. The average molecular weight is 276 g/mol. The van der Waals surface area contributed by atoms with E-state index in [0.29, 0.717) is 5.82 Å². The van der Waals surface area contributed by atoms with Crippen LogP contribution >= 0.6 is 0 Å². The van der Waals surface area contributed by atoms with Crippen LogP contribution in [0.2, 0.25) is 0 Å². The van der Waals surface area contributed by atoms with Crippen LogP contribution in [0.25, 0.3) is 0 Å². The predicted octanol–water partition coefficient (Wildman–Crippen LogP) is 0.251. The van der Waals surface area contributed by atoms with Crippen molar-refractivity contribution in [2.75, 3.05) is 6.54 Å². The maximum absolute atomic E-state index is 12.6. The number of carbonyl (C=O) groups is 1. The molecule has 3 heterocycles. The first-order valence-electron chi connectivity index (χ1n) is 7.11. The zero-order valence-corrected chi connectivity index (χ0v) is 11.8. The summed E-state index contributed by atoms with van der Waals surface area (Å²) in [5.41, 5.74) is -0.429. The van der Waals surface area contributed by atoms with Crippen LogP contribution in [-0.4, -0.2) is 50.1 Å². The molecule has 2 aliphatic rings. The number of β-lactam (4-membered cyclic amide) rings is 1. The molecule has 2 N–H and O–H groups in total. The van der Waals surface area contributed by atoms with Crippen molar-refractivity contribution in [3.63, 3.8) is 0 Å². The van der Waals surface area contributed by atoms with Crippen molar-refractivity contribution in [2.24, 2.45) is 0 Å². The highest BCUT2D eigenvalue weighted by Crippen LogP contribution is 2.43. The molecule has 3 unspecified atom stereocenters. The van der Waals surface area contributed by atoms with Gasteiger partial charge in [0.05, 0.1) is 12.1 Å². The number of nitrogens with one attached hydrogen (secondary N) is 1. The fraction of sp³-hybridized carbons (Fsp3) is 0.643. The Hall–Kier alpha value is -1.53. The van der Waals surface area contributed by atoms with E-state index in [1.807, 2.05) is 6.92 Å². The SMILES string of the molecule is CC1N(C(c2ncccn2)[C@@H](C)O)C(=O)C12CCCN2. The van der Waals surface area contributed by atoms with E-state index in [1.165, 1.54) is 0 Å². The van der Waals surface area contributed by atoms with Crippen molar-refractivity contribution in [1.29, 1.82) is 0 Å². The molecule has 108 valence electrons. The monoisotopic (exact) mass is 276 g/mol. The summed E-state index contributed by atoms with van der Waals surface area (Å²) in [7, 11) is 0. The van der Waals surface area contributed by atoms with Gasteiger partial charge in [0, 0.05) is 12.4 Å². The van der Waals surface area contributed by atoms with E-state index >= 15 is 0 Å². The predicted molar refractivity (Wildman–Crippen MR) is 72.7 cm³/mol. The third-order valence-electron chi connectivity index (χ3n) is 4.54. The van der Waals surface area contributed by atoms with E-state index in [-0.39, 0.29) is 11.9 Å². The summed E-state index contributed by atoms with van der Waals surface area (Å²) < 4.78 is 0. The Morgan fingerprint density at radius 3 is 2.70 bits per heavy atom. The minimum atomic E-state index is -0.706. The summed E-state index contributed by atoms with van der Waals surface area (Å²) in [6, 6.07) is 1.29. The minimum absolute atomic E-state index is 0.0425. The third-order valence-corrected chi connectivity index (χ3v) is 4.54. The summed E-state index contributed by atoms with van der Waals surface area (Å²) >= 11 is 0. The second-order valence-corrected chi connectivity index (χ2v) is 5.68. The van der Waals surface area contributed by atoms with E-state index in [0.717, 1.165) is 19.4 Å². The summed E-state index contributed by atoms with van der Waals surface area (Å²) in [6.07, 6.45) is 4.45. The number of amides is 1. The lowest BCUT2D eigenvalue weighted by Crippen LogP contribution is -2.77. The lowest BCUT2D eigenvalue weighted by Gasteiger charge is -2.56. The van der Waals surface area contributed by atoms with Crippen LogP contribution in [0, 0.1) is 0 Å². The third kappa shape index (κ3) is 1.75. The van der Waals surface area contributed by atoms with Crippen LogP contribution in [0.4, 0.5) is 0 Å². The van der Waals surface area contributed by atoms with Crippen molar-refractivity contribution in [1.82, 2.24) is 20.2 Å². The zero-order valence-electron chi connectivity index (χ0n) is 11.8. The summed E-state index contributed by atoms with van der Waals surface area (Å²) in [4.78, 5) is 22.7. The maximum Gasteiger partial charge on any atom is 0.246 e. The van der Waals surface area contributed by atoms with Crippen LogP contribution in [0.5, 0.6) is 0 Å². The molecule has 6 heteroatoms. The Morgan fingerprint density at radius 1 is 1.50 bits per heavy atom. The first-order valence-corrected chi connectivity index (χ1v) is 7.11. The Balaban J connectivity index is 1.89. The largest absolute Gasteiger partial charge is 0.391 e. The van der Waals surface area contributed by atoms with Gasteiger partial charge in [-0.3, -0.25) is 4.79 Å². The van der Waals surface area contributed by atoms with E-state index in [4.69, 9.17) is 0 Å². The summed E-state index contributed by atoms with van der Waals surface area (Å²) in [5, 5.41) is 13.4. The van der Waals surface area contributed by atoms with Crippen LogP contribution in [0.3, 0.4) is 0 Å². The standard InChI is InChI=1S/C14H20N4O2/c1-9(19)11(12-15-6-4-7-16-12)18-10(2)14(13(18)20)5-3-8-17-14/h4,6-7,9-11,17,19H,3,5,8H2,1-2H3/t9-,10?,11?,14?/m1/s1. The summed E-state index contributed by atoms with van der Waals surface area (Å²) in [5.74, 6) is 0.552.